The Morgan fingerprint density at radius 2 is 1.76 bits per heavy atom. The lowest BCUT2D eigenvalue weighted by molar-refractivity contribution is -0.127. The number of carbonyl (C=O) groups is 3. The molecule has 4 aromatic carbocycles. The molecule has 0 aliphatic carbocycles. The maximum absolute atomic E-state index is 13.0. The lowest BCUT2D eigenvalue weighted by atomic mass is 10.1. The van der Waals surface area contributed by atoms with Gasteiger partial charge in [0.05, 0.1) is 23.1 Å². The molecule has 5 rings (SSSR count). The van der Waals surface area contributed by atoms with Gasteiger partial charge < -0.3 is 19.5 Å². The molecular formula is C32H27BrN2O6S. The van der Waals surface area contributed by atoms with Crippen molar-refractivity contribution in [1.29, 1.82) is 0 Å². The first-order chi connectivity index (χ1) is 20.4. The number of halogens is 1. The van der Waals surface area contributed by atoms with Gasteiger partial charge in [-0.2, -0.15) is 0 Å². The summed E-state index contributed by atoms with van der Waals surface area (Å²) in [6, 6.07) is 24.5. The number of anilines is 1. The standard InChI is InChI=1S/C32H27BrN2O6S/c1-3-40-24-13-11-23(12-14-24)34-29(36)18-35-31(37)28(42-32(35)38)17-20-15-26(33)30(27(16-20)39-2)41-19-22-9-6-8-21-7-4-5-10-25(21)22/h4-17H,3,18-19H2,1-2H3,(H,34,36)/b28-17-. The number of nitrogens with one attached hydrogen (secondary N) is 1. The maximum atomic E-state index is 13.0. The predicted molar refractivity (Wildman–Crippen MR) is 168 cm³/mol. The van der Waals surface area contributed by atoms with Gasteiger partial charge in [-0.3, -0.25) is 19.3 Å². The second-order valence-corrected chi connectivity index (χ2v) is 11.1. The molecule has 0 unspecified atom stereocenters. The van der Waals surface area contributed by atoms with Gasteiger partial charge in [0.15, 0.2) is 11.5 Å². The lowest BCUT2D eigenvalue weighted by Gasteiger charge is -2.15. The average Bonchev–Trinajstić information content (AvgIpc) is 3.24. The van der Waals surface area contributed by atoms with Crippen molar-refractivity contribution in [3.8, 4) is 17.2 Å². The van der Waals surface area contributed by atoms with Crippen LogP contribution in [0.15, 0.2) is 88.2 Å². The van der Waals surface area contributed by atoms with Crippen LogP contribution in [-0.4, -0.2) is 42.2 Å². The smallest absolute Gasteiger partial charge is 0.294 e. The Bertz CT molecular complexity index is 1680. The number of methoxy groups -OCH3 is 1. The second-order valence-electron chi connectivity index (χ2n) is 9.23. The summed E-state index contributed by atoms with van der Waals surface area (Å²) >= 11 is 4.34. The Morgan fingerprint density at radius 1 is 1.00 bits per heavy atom. The zero-order valence-electron chi connectivity index (χ0n) is 22.9. The van der Waals surface area contributed by atoms with Crippen LogP contribution in [0.3, 0.4) is 0 Å². The number of nitrogens with zero attached hydrogens (tertiary/aromatic N) is 1. The number of hydrogen-bond acceptors (Lipinski definition) is 7. The van der Waals surface area contributed by atoms with Crippen LogP contribution in [0.25, 0.3) is 16.8 Å². The topological polar surface area (TPSA) is 94.2 Å². The molecule has 1 N–H and O–H groups in total. The third-order valence-corrected chi connectivity index (χ3v) is 7.92. The fourth-order valence-corrected chi connectivity index (χ4v) is 5.88. The van der Waals surface area contributed by atoms with E-state index >= 15 is 0 Å². The first-order valence-corrected chi connectivity index (χ1v) is 14.7. The maximum Gasteiger partial charge on any atom is 0.294 e. The first kappa shape index (κ1) is 29.2. The fourth-order valence-electron chi connectivity index (χ4n) is 4.46. The van der Waals surface area contributed by atoms with Crippen LogP contribution < -0.4 is 19.5 Å². The van der Waals surface area contributed by atoms with E-state index in [0.29, 0.717) is 46.2 Å². The Labute approximate surface area is 255 Å². The molecule has 4 aromatic rings. The van der Waals surface area contributed by atoms with Gasteiger partial charge in [0.25, 0.3) is 11.1 Å². The molecule has 0 bridgehead atoms. The molecule has 1 aliphatic heterocycles. The number of amides is 3. The normalized spacial score (nSPS) is 14.0. The summed E-state index contributed by atoms with van der Waals surface area (Å²) in [6.07, 6.45) is 1.59. The minimum Gasteiger partial charge on any atom is -0.494 e. The molecular weight excluding hydrogens is 620 g/mol. The van der Waals surface area contributed by atoms with Gasteiger partial charge in [0.2, 0.25) is 5.91 Å². The SMILES string of the molecule is CCOc1ccc(NC(=O)CN2C(=O)S/C(=C\c3cc(Br)c(OCc4cccc5ccccc45)c(OC)c3)C2=O)cc1. The molecule has 1 aliphatic rings. The molecule has 1 fully saturated rings. The molecule has 1 saturated heterocycles. The number of hydrogen-bond donors (Lipinski definition) is 1. The molecule has 8 nitrogen and oxygen atoms in total. The van der Waals surface area contributed by atoms with Crippen LogP contribution in [-0.2, 0) is 16.2 Å². The van der Waals surface area contributed by atoms with Gasteiger partial charge in [-0.05, 0) is 99.0 Å². The van der Waals surface area contributed by atoms with E-state index in [4.69, 9.17) is 14.2 Å². The van der Waals surface area contributed by atoms with E-state index in [9.17, 15) is 14.4 Å². The monoisotopic (exact) mass is 646 g/mol. The minimum atomic E-state index is -0.543. The van der Waals surface area contributed by atoms with Crippen LogP contribution in [0.5, 0.6) is 17.2 Å². The highest BCUT2D eigenvalue weighted by Crippen LogP contribution is 2.40. The molecule has 0 radical (unpaired) electrons. The van der Waals surface area contributed by atoms with Gasteiger partial charge >= 0.3 is 0 Å². The van der Waals surface area contributed by atoms with Crippen molar-refractivity contribution in [2.75, 3.05) is 25.6 Å². The molecule has 214 valence electrons. The van der Waals surface area contributed by atoms with E-state index in [-0.39, 0.29) is 4.91 Å². The first-order valence-electron chi connectivity index (χ1n) is 13.1. The number of imide groups is 1. The van der Waals surface area contributed by atoms with Gasteiger partial charge in [-0.25, -0.2) is 0 Å². The molecule has 1 heterocycles. The van der Waals surface area contributed by atoms with E-state index in [0.717, 1.165) is 33.0 Å². The predicted octanol–water partition coefficient (Wildman–Crippen LogP) is 7.26. The van der Waals surface area contributed by atoms with E-state index in [1.54, 1.807) is 42.5 Å². The second kappa shape index (κ2) is 13.1. The molecule has 3 amide bonds. The van der Waals surface area contributed by atoms with Crippen molar-refractivity contribution < 1.29 is 28.6 Å². The molecule has 0 saturated carbocycles. The number of rotatable bonds is 10. The summed E-state index contributed by atoms with van der Waals surface area (Å²) < 4.78 is 17.8. The van der Waals surface area contributed by atoms with Crippen LogP contribution >= 0.6 is 27.7 Å². The minimum absolute atomic E-state index is 0.201. The van der Waals surface area contributed by atoms with Crippen molar-refractivity contribution in [2.45, 2.75) is 13.5 Å². The Kier molecular flexibility index (Phi) is 9.14. The molecule has 10 heteroatoms. The molecule has 0 aromatic heterocycles. The zero-order chi connectivity index (χ0) is 29.6. The number of fused-ring (bicyclic) bond motifs is 1. The van der Waals surface area contributed by atoms with Gasteiger partial charge in [-0.15, -0.1) is 0 Å². The van der Waals surface area contributed by atoms with E-state index in [2.05, 4.69) is 39.4 Å². The number of thioether (sulfide) groups is 1. The molecule has 42 heavy (non-hydrogen) atoms. The zero-order valence-corrected chi connectivity index (χ0v) is 25.3. The lowest BCUT2D eigenvalue weighted by Crippen LogP contribution is -2.36. The van der Waals surface area contributed by atoms with Gasteiger partial charge in [-0.1, -0.05) is 42.5 Å². The van der Waals surface area contributed by atoms with E-state index in [1.807, 2.05) is 31.2 Å². The number of carbonyl (C=O) groups excluding carboxylic acids is 3. The summed E-state index contributed by atoms with van der Waals surface area (Å²) in [5, 5.41) is 4.42. The summed E-state index contributed by atoms with van der Waals surface area (Å²) in [4.78, 5) is 39.4. The van der Waals surface area contributed by atoms with Crippen molar-refractivity contribution in [3.63, 3.8) is 0 Å². The quantitative estimate of drug-likeness (QED) is 0.181. The molecule has 0 spiro atoms. The van der Waals surface area contributed by atoms with E-state index in [1.165, 1.54) is 7.11 Å². The fraction of sp³-hybridized carbons (Fsp3) is 0.156. The summed E-state index contributed by atoms with van der Waals surface area (Å²) in [5.74, 6) is 0.628. The number of ether oxygens (including phenoxy) is 3. The van der Waals surface area contributed by atoms with Gasteiger partial charge in [0, 0.05) is 5.69 Å². The third-order valence-electron chi connectivity index (χ3n) is 6.43. The van der Waals surface area contributed by atoms with Crippen LogP contribution in [0.1, 0.15) is 18.1 Å². The Morgan fingerprint density at radius 3 is 2.52 bits per heavy atom. The van der Waals surface area contributed by atoms with E-state index < -0.39 is 23.6 Å². The largest absolute Gasteiger partial charge is 0.494 e. The number of benzene rings is 4. The van der Waals surface area contributed by atoms with Crippen molar-refractivity contribution in [1.82, 2.24) is 4.90 Å². The van der Waals surface area contributed by atoms with Crippen molar-refractivity contribution in [2.24, 2.45) is 0 Å². The summed E-state index contributed by atoms with van der Waals surface area (Å²) in [5.41, 5.74) is 2.19. The Balaban J connectivity index is 1.27. The highest BCUT2D eigenvalue weighted by Gasteiger charge is 2.36. The van der Waals surface area contributed by atoms with Crippen molar-refractivity contribution >= 4 is 67.3 Å². The third kappa shape index (κ3) is 6.61. The highest BCUT2D eigenvalue weighted by atomic mass is 79.9. The summed E-state index contributed by atoms with van der Waals surface area (Å²) in [7, 11) is 1.53. The van der Waals surface area contributed by atoms with Crippen molar-refractivity contribution in [3.05, 3.63) is 99.4 Å². The summed E-state index contributed by atoms with van der Waals surface area (Å²) in [6.45, 7) is 2.34. The average molecular weight is 648 g/mol. The molecule has 0 atom stereocenters. The van der Waals surface area contributed by atoms with Crippen LogP contribution in [0.4, 0.5) is 10.5 Å². The highest BCUT2D eigenvalue weighted by molar-refractivity contribution is 9.10. The van der Waals surface area contributed by atoms with Crippen LogP contribution in [0, 0.1) is 0 Å². The van der Waals surface area contributed by atoms with Crippen LogP contribution in [0.2, 0.25) is 0 Å². The Hall–Kier alpha value is -4.28. The van der Waals surface area contributed by atoms with Gasteiger partial charge in [0.1, 0.15) is 18.9 Å².